The molecule has 6 heteroatoms. The van der Waals surface area contributed by atoms with Gasteiger partial charge in [0.15, 0.2) is 0 Å². The van der Waals surface area contributed by atoms with Crippen LogP contribution in [0.5, 0.6) is 0 Å². The number of hydrogen-bond donors (Lipinski definition) is 0. The molecule has 0 bridgehead atoms. The maximum Gasteiger partial charge on any atom is 0.229 e. The highest BCUT2D eigenvalue weighted by Crippen LogP contribution is 2.24. The van der Waals surface area contributed by atoms with Crippen molar-refractivity contribution in [1.82, 2.24) is 14.8 Å². The van der Waals surface area contributed by atoms with E-state index in [0.717, 1.165) is 0 Å². The van der Waals surface area contributed by atoms with Crippen molar-refractivity contribution in [3.05, 3.63) is 40.1 Å². The lowest BCUT2D eigenvalue weighted by Gasteiger charge is -2.10. The molecule has 1 aromatic carbocycles. The van der Waals surface area contributed by atoms with Crippen LogP contribution in [-0.2, 0) is 0 Å². The summed E-state index contributed by atoms with van der Waals surface area (Å²) < 4.78 is 15.0. The highest BCUT2D eigenvalue weighted by atomic mass is 35.5. The van der Waals surface area contributed by atoms with Gasteiger partial charge in [-0.25, -0.2) is 4.39 Å². The average Bonchev–Trinajstić information content (AvgIpc) is 2.64. The van der Waals surface area contributed by atoms with E-state index in [1.165, 1.54) is 12.1 Å². The van der Waals surface area contributed by atoms with Crippen molar-refractivity contribution in [3.8, 4) is 5.69 Å². The van der Waals surface area contributed by atoms with Gasteiger partial charge in [-0.15, -0.1) is 10.2 Å². The maximum atomic E-state index is 13.4. The highest BCUT2D eigenvalue weighted by Gasteiger charge is 2.15. The third-order valence-electron chi connectivity index (χ3n) is 2.33. The van der Waals surface area contributed by atoms with Crippen LogP contribution in [0.25, 0.3) is 5.69 Å². The first-order valence-corrected chi connectivity index (χ1v) is 5.82. The molecule has 90 valence electrons. The van der Waals surface area contributed by atoms with Crippen LogP contribution in [0.3, 0.4) is 0 Å². The van der Waals surface area contributed by atoms with Gasteiger partial charge in [0, 0.05) is 5.92 Å². The molecule has 0 spiro atoms. The van der Waals surface area contributed by atoms with Gasteiger partial charge in [0.05, 0.1) is 10.7 Å². The fourth-order valence-electron chi connectivity index (χ4n) is 1.51. The summed E-state index contributed by atoms with van der Waals surface area (Å²) in [4.78, 5) is 0. The second kappa shape index (κ2) is 4.63. The molecule has 0 unspecified atom stereocenters. The lowest BCUT2D eigenvalue weighted by Crippen LogP contribution is -2.03. The largest absolute Gasteiger partial charge is 0.269 e. The van der Waals surface area contributed by atoms with Crippen LogP contribution in [0.1, 0.15) is 25.6 Å². The van der Waals surface area contributed by atoms with E-state index < -0.39 is 5.82 Å². The third-order valence-corrected chi connectivity index (χ3v) is 2.88. The Morgan fingerprint density at radius 2 is 1.94 bits per heavy atom. The Hall–Kier alpha value is -1.13. The van der Waals surface area contributed by atoms with E-state index in [-0.39, 0.29) is 16.2 Å². The minimum Gasteiger partial charge on any atom is -0.269 e. The van der Waals surface area contributed by atoms with Gasteiger partial charge in [0.25, 0.3) is 0 Å². The Labute approximate surface area is 108 Å². The molecule has 0 amide bonds. The summed E-state index contributed by atoms with van der Waals surface area (Å²) in [5, 5.41) is 8.04. The number of benzene rings is 1. The molecule has 2 rings (SSSR count). The zero-order chi connectivity index (χ0) is 12.6. The van der Waals surface area contributed by atoms with Gasteiger partial charge < -0.3 is 0 Å². The minimum atomic E-state index is -0.497. The number of aromatic nitrogens is 3. The van der Waals surface area contributed by atoms with E-state index in [9.17, 15) is 4.39 Å². The van der Waals surface area contributed by atoms with Gasteiger partial charge in [-0.2, -0.15) is 0 Å². The molecule has 0 fully saturated rings. The molecule has 1 aromatic heterocycles. The predicted molar refractivity (Wildman–Crippen MR) is 65.4 cm³/mol. The van der Waals surface area contributed by atoms with Gasteiger partial charge in [0.1, 0.15) is 11.6 Å². The van der Waals surface area contributed by atoms with Crippen LogP contribution in [0.4, 0.5) is 4.39 Å². The molecule has 2 aromatic rings. The van der Waals surface area contributed by atoms with Crippen LogP contribution in [0.2, 0.25) is 10.3 Å². The highest BCUT2D eigenvalue weighted by molar-refractivity contribution is 6.30. The minimum absolute atomic E-state index is 0.0732. The van der Waals surface area contributed by atoms with Crippen molar-refractivity contribution in [2.45, 2.75) is 19.8 Å². The molecular weight excluding hydrogens is 264 g/mol. The molecule has 0 saturated heterocycles. The maximum absolute atomic E-state index is 13.4. The van der Waals surface area contributed by atoms with E-state index in [2.05, 4.69) is 10.2 Å². The van der Waals surface area contributed by atoms with Gasteiger partial charge in [0.2, 0.25) is 5.28 Å². The first kappa shape index (κ1) is 12.3. The van der Waals surface area contributed by atoms with Crippen molar-refractivity contribution in [1.29, 1.82) is 0 Å². The van der Waals surface area contributed by atoms with E-state index in [1.54, 1.807) is 10.6 Å². The number of nitrogens with zero attached hydrogens (tertiary/aromatic N) is 3. The summed E-state index contributed by atoms with van der Waals surface area (Å²) in [5.74, 6) is 0.314. The van der Waals surface area contributed by atoms with E-state index in [0.29, 0.717) is 11.5 Å². The molecular formula is C11H10Cl2FN3. The van der Waals surface area contributed by atoms with E-state index >= 15 is 0 Å². The summed E-state index contributed by atoms with van der Waals surface area (Å²) in [5.41, 5.74) is 0.561. The molecule has 3 nitrogen and oxygen atoms in total. The molecule has 0 saturated carbocycles. The van der Waals surface area contributed by atoms with Gasteiger partial charge in [-0.05, 0) is 29.8 Å². The van der Waals surface area contributed by atoms with Crippen molar-refractivity contribution >= 4 is 23.2 Å². The number of hydrogen-bond acceptors (Lipinski definition) is 2. The second-order valence-electron chi connectivity index (χ2n) is 3.92. The van der Waals surface area contributed by atoms with Gasteiger partial charge in [-0.3, -0.25) is 4.57 Å². The smallest absolute Gasteiger partial charge is 0.229 e. The van der Waals surface area contributed by atoms with Crippen LogP contribution in [0.15, 0.2) is 18.2 Å². The topological polar surface area (TPSA) is 30.7 Å². The molecule has 0 aliphatic carbocycles. The lowest BCUT2D eigenvalue weighted by atomic mass is 10.2. The van der Waals surface area contributed by atoms with E-state index in [4.69, 9.17) is 23.2 Å². The number of rotatable bonds is 2. The normalized spacial score (nSPS) is 11.2. The number of halogens is 3. The molecule has 17 heavy (non-hydrogen) atoms. The van der Waals surface area contributed by atoms with Crippen molar-refractivity contribution in [2.24, 2.45) is 0 Å². The third kappa shape index (κ3) is 2.28. The second-order valence-corrected chi connectivity index (χ2v) is 4.66. The first-order valence-electron chi connectivity index (χ1n) is 5.07. The molecule has 0 aliphatic heterocycles. The summed E-state index contributed by atoms with van der Waals surface area (Å²) >= 11 is 11.6. The Morgan fingerprint density at radius 3 is 2.53 bits per heavy atom. The first-order chi connectivity index (χ1) is 8.00. The standard InChI is InChI=1S/C11H10Cl2FN3/c1-6(2)10-15-16-11(13)17(10)7-3-4-8(12)9(14)5-7/h3-6H,1-2H3. The Kier molecular flexibility index (Phi) is 3.35. The van der Waals surface area contributed by atoms with Crippen LogP contribution < -0.4 is 0 Å². The van der Waals surface area contributed by atoms with Crippen molar-refractivity contribution in [2.75, 3.05) is 0 Å². The zero-order valence-corrected chi connectivity index (χ0v) is 10.8. The fourth-order valence-corrected chi connectivity index (χ4v) is 1.85. The van der Waals surface area contributed by atoms with Crippen LogP contribution in [0, 0.1) is 5.82 Å². The Morgan fingerprint density at radius 1 is 1.24 bits per heavy atom. The average molecular weight is 274 g/mol. The van der Waals surface area contributed by atoms with Crippen LogP contribution in [-0.4, -0.2) is 14.8 Å². The Bertz CT molecular complexity index is 552. The van der Waals surface area contributed by atoms with E-state index in [1.807, 2.05) is 13.8 Å². The van der Waals surface area contributed by atoms with Crippen molar-refractivity contribution < 1.29 is 4.39 Å². The molecule has 0 N–H and O–H groups in total. The van der Waals surface area contributed by atoms with Crippen LogP contribution >= 0.6 is 23.2 Å². The summed E-state index contributed by atoms with van der Waals surface area (Å²) in [7, 11) is 0. The van der Waals surface area contributed by atoms with Gasteiger partial charge >= 0.3 is 0 Å². The molecule has 0 radical (unpaired) electrons. The zero-order valence-electron chi connectivity index (χ0n) is 9.28. The summed E-state index contributed by atoms with van der Waals surface area (Å²) in [6.07, 6.45) is 0. The molecule has 0 aliphatic rings. The lowest BCUT2D eigenvalue weighted by molar-refractivity contribution is 0.626. The summed E-state index contributed by atoms with van der Waals surface area (Å²) in [6.45, 7) is 3.92. The predicted octanol–water partition coefficient (Wildman–Crippen LogP) is 3.84. The monoisotopic (exact) mass is 273 g/mol. The van der Waals surface area contributed by atoms with Crippen molar-refractivity contribution in [3.63, 3.8) is 0 Å². The summed E-state index contributed by atoms with van der Waals surface area (Å²) in [6, 6.07) is 4.46. The fraction of sp³-hybridized carbons (Fsp3) is 0.273. The SMILES string of the molecule is CC(C)c1nnc(Cl)n1-c1ccc(Cl)c(F)c1. The molecule has 1 heterocycles. The molecule has 0 atom stereocenters. The Balaban J connectivity index is 2.59. The quantitative estimate of drug-likeness (QED) is 0.833. The van der Waals surface area contributed by atoms with Gasteiger partial charge in [-0.1, -0.05) is 25.4 Å².